The molecule has 88 valence electrons. The van der Waals surface area contributed by atoms with Crippen LogP contribution in [0.3, 0.4) is 0 Å². The van der Waals surface area contributed by atoms with Crippen LogP contribution in [0.2, 0.25) is 0 Å². The van der Waals surface area contributed by atoms with Crippen LogP contribution in [-0.2, 0) is 9.47 Å². The molecule has 2 rings (SSSR count). The molecule has 3 nitrogen and oxygen atoms in total. The lowest BCUT2D eigenvalue weighted by Gasteiger charge is -2.23. The van der Waals surface area contributed by atoms with E-state index in [9.17, 15) is 0 Å². The van der Waals surface area contributed by atoms with Crippen LogP contribution in [0.5, 0.6) is 0 Å². The minimum absolute atomic E-state index is 0.445. The average molecular weight is 213 g/mol. The van der Waals surface area contributed by atoms with Crippen LogP contribution in [0.1, 0.15) is 26.2 Å². The smallest absolute Gasteiger partial charge is 0.0588 e. The van der Waals surface area contributed by atoms with Crippen molar-refractivity contribution >= 4 is 0 Å². The van der Waals surface area contributed by atoms with Gasteiger partial charge in [-0.25, -0.2) is 0 Å². The topological polar surface area (TPSA) is 30.5 Å². The molecule has 3 atom stereocenters. The summed E-state index contributed by atoms with van der Waals surface area (Å²) in [5, 5.41) is 3.57. The molecule has 0 saturated carbocycles. The van der Waals surface area contributed by atoms with Gasteiger partial charge in [-0.1, -0.05) is 0 Å². The Labute approximate surface area is 92.5 Å². The van der Waals surface area contributed by atoms with Crippen LogP contribution in [0.25, 0.3) is 0 Å². The van der Waals surface area contributed by atoms with E-state index in [4.69, 9.17) is 9.47 Å². The van der Waals surface area contributed by atoms with E-state index in [0.717, 1.165) is 44.7 Å². The molecule has 3 unspecified atom stereocenters. The molecule has 2 aliphatic rings. The van der Waals surface area contributed by atoms with E-state index in [0.29, 0.717) is 6.10 Å². The first-order valence-corrected chi connectivity index (χ1v) is 6.26. The standard InChI is InChI=1S/C12H23NO2/c1-10-12(4-6-15-10)8-13-7-11-3-2-5-14-9-11/h10-13H,2-9H2,1H3. The summed E-state index contributed by atoms with van der Waals surface area (Å²) >= 11 is 0. The Bertz CT molecular complexity index is 180. The fourth-order valence-corrected chi connectivity index (χ4v) is 2.49. The third-order valence-electron chi connectivity index (χ3n) is 3.63. The number of hydrogen-bond acceptors (Lipinski definition) is 3. The zero-order chi connectivity index (χ0) is 10.5. The lowest BCUT2D eigenvalue weighted by Crippen LogP contribution is -2.33. The highest BCUT2D eigenvalue weighted by atomic mass is 16.5. The van der Waals surface area contributed by atoms with Crippen molar-refractivity contribution in [2.45, 2.75) is 32.3 Å². The molecule has 0 aliphatic carbocycles. The quantitative estimate of drug-likeness (QED) is 0.766. The largest absolute Gasteiger partial charge is 0.381 e. The number of hydrogen-bond donors (Lipinski definition) is 1. The first-order valence-electron chi connectivity index (χ1n) is 6.26. The van der Waals surface area contributed by atoms with Crippen LogP contribution in [0.4, 0.5) is 0 Å². The predicted octanol–water partition coefficient (Wildman–Crippen LogP) is 1.43. The first-order chi connectivity index (χ1) is 7.36. The number of ether oxygens (including phenoxy) is 2. The van der Waals surface area contributed by atoms with Gasteiger partial charge in [0.2, 0.25) is 0 Å². The van der Waals surface area contributed by atoms with Gasteiger partial charge in [-0.2, -0.15) is 0 Å². The summed E-state index contributed by atoms with van der Waals surface area (Å²) in [6.45, 7) is 7.26. The molecule has 0 aromatic rings. The molecule has 0 radical (unpaired) electrons. The van der Waals surface area contributed by atoms with Crippen LogP contribution >= 0.6 is 0 Å². The van der Waals surface area contributed by atoms with Crippen molar-refractivity contribution in [3.8, 4) is 0 Å². The van der Waals surface area contributed by atoms with Crippen molar-refractivity contribution in [1.29, 1.82) is 0 Å². The fourth-order valence-electron chi connectivity index (χ4n) is 2.49. The molecule has 1 N–H and O–H groups in total. The fraction of sp³-hybridized carbons (Fsp3) is 1.00. The minimum Gasteiger partial charge on any atom is -0.381 e. The third-order valence-corrected chi connectivity index (χ3v) is 3.63. The van der Waals surface area contributed by atoms with Gasteiger partial charge in [-0.05, 0) is 38.0 Å². The molecular weight excluding hydrogens is 190 g/mol. The van der Waals surface area contributed by atoms with Crippen molar-refractivity contribution in [1.82, 2.24) is 5.32 Å². The highest BCUT2D eigenvalue weighted by Crippen LogP contribution is 2.19. The summed E-state index contributed by atoms with van der Waals surface area (Å²) in [7, 11) is 0. The SMILES string of the molecule is CC1OCCC1CNCC1CCCOC1. The van der Waals surface area contributed by atoms with Gasteiger partial charge in [0.15, 0.2) is 0 Å². The Kier molecular flexibility index (Phi) is 4.42. The van der Waals surface area contributed by atoms with E-state index < -0.39 is 0 Å². The Morgan fingerprint density at radius 1 is 1.20 bits per heavy atom. The Morgan fingerprint density at radius 3 is 2.80 bits per heavy atom. The van der Waals surface area contributed by atoms with Gasteiger partial charge < -0.3 is 14.8 Å². The van der Waals surface area contributed by atoms with Gasteiger partial charge in [0.05, 0.1) is 12.7 Å². The average Bonchev–Trinajstić information content (AvgIpc) is 2.66. The lowest BCUT2D eigenvalue weighted by atomic mass is 10.0. The van der Waals surface area contributed by atoms with E-state index in [-0.39, 0.29) is 0 Å². The Hall–Kier alpha value is -0.120. The summed E-state index contributed by atoms with van der Waals surface area (Å²) < 4.78 is 11.0. The summed E-state index contributed by atoms with van der Waals surface area (Å²) in [5.41, 5.74) is 0. The van der Waals surface area contributed by atoms with Crippen molar-refractivity contribution in [3.63, 3.8) is 0 Å². The molecule has 0 bridgehead atoms. The summed E-state index contributed by atoms with van der Waals surface area (Å²) in [6.07, 6.45) is 4.22. The molecule has 2 heterocycles. The molecule has 3 heteroatoms. The van der Waals surface area contributed by atoms with E-state index in [1.54, 1.807) is 0 Å². The lowest BCUT2D eigenvalue weighted by molar-refractivity contribution is 0.0538. The van der Waals surface area contributed by atoms with Gasteiger partial charge in [0, 0.05) is 26.3 Å². The van der Waals surface area contributed by atoms with Gasteiger partial charge in [-0.15, -0.1) is 0 Å². The van der Waals surface area contributed by atoms with E-state index in [2.05, 4.69) is 12.2 Å². The third kappa shape index (κ3) is 3.44. The second-order valence-electron chi connectivity index (χ2n) is 4.87. The maximum Gasteiger partial charge on any atom is 0.0588 e. The van der Waals surface area contributed by atoms with Crippen LogP contribution in [0, 0.1) is 11.8 Å². The molecule has 2 fully saturated rings. The monoisotopic (exact) mass is 213 g/mol. The van der Waals surface area contributed by atoms with Crippen molar-refractivity contribution in [2.24, 2.45) is 11.8 Å². The maximum absolute atomic E-state index is 5.54. The number of rotatable bonds is 4. The molecule has 2 aliphatic heterocycles. The molecule has 2 saturated heterocycles. The predicted molar refractivity (Wildman–Crippen MR) is 59.9 cm³/mol. The zero-order valence-electron chi connectivity index (χ0n) is 9.71. The zero-order valence-corrected chi connectivity index (χ0v) is 9.71. The van der Waals surface area contributed by atoms with Crippen molar-refractivity contribution in [2.75, 3.05) is 32.9 Å². The second kappa shape index (κ2) is 5.83. The van der Waals surface area contributed by atoms with Gasteiger partial charge in [0.25, 0.3) is 0 Å². The molecule has 0 aromatic heterocycles. The van der Waals surface area contributed by atoms with Crippen molar-refractivity contribution < 1.29 is 9.47 Å². The van der Waals surface area contributed by atoms with Gasteiger partial charge in [0.1, 0.15) is 0 Å². The highest BCUT2D eigenvalue weighted by molar-refractivity contribution is 4.75. The summed E-state index contributed by atoms with van der Waals surface area (Å²) in [4.78, 5) is 0. The van der Waals surface area contributed by atoms with Crippen LogP contribution in [0.15, 0.2) is 0 Å². The van der Waals surface area contributed by atoms with E-state index in [1.165, 1.54) is 19.3 Å². The molecule has 0 amide bonds. The Morgan fingerprint density at radius 2 is 2.13 bits per heavy atom. The van der Waals surface area contributed by atoms with E-state index >= 15 is 0 Å². The van der Waals surface area contributed by atoms with Gasteiger partial charge >= 0.3 is 0 Å². The van der Waals surface area contributed by atoms with E-state index in [1.807, 2.05) is 0 Å². The second-order valence-corrected chi connectivity index (χ2v) is 4.87. The minimum atomic E-state index is 0.445. The van der Waals surface area contributed by atoms with Crippen LogP contribution < -0.4 is 5.32 Å². The summed E-state index contributed by atoms with van der Waals surface area (Å²) in [5.74, 6) is 1.45. The molecule has 15 heavy (non-hydrogen) atoms. The molecule has 0 spiro atoms. The normalized spacial score (nSPS) is 37.0. The first kappa shape index (κ1) is 11.4. The van der Waals surface area contributed by atoms with Crippen LogP contribution in [-0.4, -0.2) is 39.0 Å². The molecule has 0 aromatic carbocycles. The van der Waals surface area contributed by atoms with Crippen molar-refractivity contribution in [3.05, 3.63) is 0 Å². The molecular formula is C12H23NO2. The summed E-state index contributed by atoms with van der Waals surface area (Å²) in [6, 6.07) is 0. The Balaban J connectivity index is 1.57. The number of nitrogens with one attached hydrogen (secondary N) is 1. The maximum atomic E-state index is 5.54. The van der Waals surface area contributed by atoms with Gasteiger partial charge in [-0.3, -0.25) is 0 Å². The highest BCUT2D eigenvalue weighted by Gasteiger charge is 2.24.